The molecule has 0 spiro atoms. The lowest BCUT2D eigenvalue weighted by molar-refractivity contribution is -0.124. The molecule has 0 radical (unpaired) electrons. The Labute approximate surface area is 145 Å². The average Bonchev–Trinajstić information content (AvgIpc) is 3.20. The summed E-state index contributed by atoms with van der Waals surface area (Å²) in [6.45, 7) is 4.84. The minimum Gasteiger partial charge on any atom is -0.357 e. The maximum atomic E-state index is 12.5. The predicted octanol–water partition coefficient (Wildman–Crippen LogP) is 3.16. The highest BCUT2D eigenvalue weighted by Gasteiger charge is 2.33. The number of anilines is 1. The van der Waals surface area contributed by atoms with Crippen molar-refractivity contribution in [2.24, 2.45) is 0 Å². The molecule has 1 atom stereocenters. The monoisotopic (exact) mass is 346 g/mol. The fourth-order valence-electron chi connectivity index (χ4n) is 2.91. The number of hydrogen-bond donors (Lipinski definition) is 2. The smallest absolute Gasteiger partial charge is 0.322 e. The van der Waals surface area contributed by atoms with Gasteiger partial charge in [-0.3, -0.25) is 4.79 Å². The Kier molecular flexibility index (Phi) is 4.71. The Bertz CT molecular complexity index is 771. The number of nitrogens with zero attached hydrogens (tertiary/aromatic N) is 2. The summed E-state index contributed by atoms with van der Waals surface area (Å²) >= 11 is 1.65. The third kappa shape index (κ3) is 3.21. The number of carbonyl (C=O) groups excluding carboxylic acids is 2. The van der Waals surface area contributed by atoms with Crippen LogP contribution in [0.4, 0.5) is 10.5 Å². The summed E-state index contributed by atoms with van der Waals surface area (Å²) in [4.78, 5) is 30.6. The number of aromatic nitrogens is 1. The van der Waals surface area contributed by atoms with Crippen molar-refractivity contribution in [2.45, 2.75) is 38.6 Å². The van der Waals surface area contributed by atoms with E-state index in [1.807, 2.05) is 18.2 Å². The van der Waals surface area contributed by atoms with E-state index in [4.69, 9.17) is 0 Å². The summed E-state index contributed by atoms with van der Waals surface area (Å²) in [5.41, 5.74) is 1.68. The Balaban J connectivity index is 1.76. The molecular weight excluding hydrogens is 324 g/mol. The van der Waals surface area contributed by atoms with Crippen LogP contribution < -0.4 is 10.6 Å². The largest absolute Gasteiger partial charge is 0.357 e. The van der Waals surface area contributed by atoms with Crippen LogP contribution in [-0.2, 0) is 4.79 Å². The Morgan fingerprint density at radius 1 is 1.38 bits per heavy atom. The van der Waals surface area contributed by atoms with Crippen molar-refractivity contribution >= 4 is 39.2 Å². The molecule has 2 N–H and O–H groups in total. The number of fused-ring (bicyclic) bond motifs is 1. The summed E-state index contributed by atoms with van der Waals surface area (Å²) in [5.74, 6) is 0.278. The zero-order valence-electron chi connectivity index (χ0n) is 14.1. The number of urea groups is 1. The molecule has 3 rings (SSSR count). The van der Waals surface area contributed by atoms with Gasteiger partial charge in [0.1, 0.15) is 6.04 Å². The van der Waals surface area contributed by atoms with Gasteiger partial charge in [-0.15, -0.1) is 11.3 Å². The fraction of sp³-hybridized carbons (Fsp3) is 0.471. The van der Waals surface area contributed by atoms with Gasteiger partial charge in [-0.1, -0.05) is 13.8 Å². The van der Waals surface area contributed by atoms with E-state index in [-0.39, 0.29) is 18.0 Å². The first-order valence-electron chi connectivity index (χ1n) is 8.19. The molecule has 1 aliphatic heterocycles. The van der Waals surface area contributed by atoms with Crippen LogP contribution in [0.25, 0.3) is 10.2 Å². The normalized spacial score (nSPS) is 17.5. The summed E-state index contributed by atoms with van der Waals surface area (Å²) in [6.07, 6.45) is 1.55. The third-order valence-corrected chi connectivity index (χ3v) is 5.53. The first-order chi connectivity index (χ1) is 11.5. The third-order valence-electron chi connectivity index (χ3n) is 4.21. The van der Waals surface area contributed by atoms with Crippen molar-refractivity contribution in [1.29, 1.82) is 0 Å². The summed E-state index contributed by atoms with van der Waals surface area (Å²) in [7, 11) is 1.60. The maximum absolute atomic E-state index is 12.5. The molecule has 0 bridgehead atoms. The van der Waals surface area contributed by atoms with Crippen LogP contribution in [0.1, 0.15) is 37.6 Å². The van der Waals surface area contributed by atoms with Gasteiger partial charge >= 0.3 is 6.03 Å². The number of likely N-dealkylation sites (tertiary alicyclic amines) is 1. The number of rotatable bonds is 3. The number of thiazole rings is 1. The lowest BCUT2D eigenvalue weighted by Gasteiger charge is -2.23. The summed E-state index contributed by atoms with van der Waals surface area (Å²) in [6, 6.07) is 5.12. The molecule has 7 heteroatoms. The minimum absolute atomic E-state index is 0.109. The van der Waals surface area contributed by atoms with E-state index < -0.39 is 0 Å². The molecule has 1 aromatic heterocycles. The number of hydrogen-bond acceptors (Lipinski definition) is 4. The molecule has 1 saturated heterocycles. The van der Waals surface area contributed by atoms with E-state index in [1.54, 1.807) is 23.3 Å². The van der Waals surface area contributed by atoms with Gasteiger partial charge in [-0.05, 0) is 31.0 Å². The summed E-state index contributed by atoms with van der Waals surface area (Å²) in [5, 5.41) is 6.63. The van der Waals surface area contributed by atoms with E-state index in [0.717, 1.165) is 27.3 Å². The van der Waals surface area contributed by atoms with Gasteiger partial charge in [0.05, 0.1) is 15.2 Å². The van der Waals surface area contributed by atoms with Gasteiger partial charge in [-0.25, -0.2) is 9.78 Å². The number of nitrogens with one attached hydrogen (secondary N) is 2. The molecule has 128 valence electrons. The quantitative estimate of drug-likeness (QED) is 0.896. The maximum Gasteiger partial charge on any atom is 0.322 e. The number of benzene rings is 1. The molecular formula is C17H22N4O2S. The molecule has 1 aliphatic rings. The first kappa shape index (κ1) is 16.7. The minimum atomic E-state index is -0.380. The van der Waals surface area contributed by atoms with Crippen molar-refractivity contribution in [3.05, 3.63) is 23.2 Å². The highest BCUT2D eigenvalue weighted by atomic mass is 32.1. The fourth-order valence-corrected chi connectivity index (χ4v) is 3.92. The second-order valence-electron chi connectivity index (χ2n) is 6.29. The second kappa shape index (κ2) is 6.76. The molecule has 1 fully saturated rings. The van der Waals surface area contributed by atoms with E-state index in [9.17, 15) is 9.59 Å². The highest BCUT2D eigenvalue weighted by molar-refractivity contribution is 7.18. The molecule has 6 nitrogen and oxygen atoms in total. The molecule has 1 aromatic carbocycles. The van der Waals surface area contributed by atoms with E-state index in [1.165, 1.54) is 0 Å². The molecule has 0 unspecified atom stereocenters. The standard InChI is InChI=1S/C17H22N4O2S/c1-10(2)16-20-12-7-6-11(9-14(12)24-16)19-17(23)21-8-4-5-13(21)15(22)18-3/h6-7,9-10,13H,4-5,8H2,1-3H3,(H,18,22)(H,19,23)/t13-/m1/s1. The predicted molar refractivity (Wildman–Crippen MR) is 96.5 cm³/mol. The van der Waals surface area contributed by atoms with Gasteiger partial charge in [0, 0.05) is 25.2 Å². The zero-order valence-corrected chi connectivity index (χ0v) is 14.9. The van der Waals surface area contributed by atoms with Crippen LogP contribution in [0.3, 0.4) is 0 Å². The SMILES string of the molecule is CNC(=O)[C@H]1CCCN1C(=O)Nc1ccc2nc(C(C)C)sc2c1. The molecule has 0 saturated carbocycles. The van der Waals surface area contributed by atoms with Gasteiger partial charge in [0.15, 0.2) is 0 Å². The van der Waals surface area contributed by atoms with Crippen molar-refractivity contribution in [2.75, 3.05) is 18.9 Å². The van der Waals surface area contributed by atoms with Crippen molar-refractivity contribution in [3.8, 4) is 0 Å². The van der Waals surface area contributed by atoms with Crippen LogP contribution >= 0.6 is 11.3 Å². The van der Waals surface area contributed by atoms with Crippen molar-refractivity contribution < 1.29 is 9.59 Å². The molecule has 24 heavy (non-hydrogen) atoms. The molecule has 0 aliphatic carbocycles. The van der Waals surface area contributed by atoms with Gasteiger partial charge in [0.2, 0.25) is 5.91 Å². The lowest BCUT2D eigenvalue weighted by Crippen LogP contribution is -2.46. The van der Waals surface area contributed by atoms with Gasteiger partial charge < -0.3 is 15.5 Å². The number of likely N-dealkylation sites (N-methyl/N-ethyl adjacent to an activating group) is 1. The van der Waals surface area contributed by atoms with E-state index in [0.29, 0.717) is 18.9 Å². The first-order valence-corrected chi connectivity index (χ1v) is 9.01. The average molecular weight is 346 g/mol. The van der Waals surface area contributed by atoms with E-state index in [2.05, 4.69) is 29.5 Å². The van der Waals surface area contributed by atoms with Crippen molar-refractivity contribution in [3.63, 3.8) is 0 Å². The van der Waals surface area contributed by atoms with Gasteiger partial charge in [0.25, 0.3) is 0 Å². The Morgan fingerprint density at radius 2 is 2.17 bits per heavy atom. The van der Waals surface area contributed by atoms with Crippen LogP contribution in [0, 0.1) is 0 Å². The van der Waals surface area contributed by atoms with Crippen LogP contribution in [0.2, 0.25) is 0 Å². The number of carbonyl (C=O) groups is 2. The van der Waals surface area contributed by atoms with E-state index >= 15 is 0 Å². The van der Waals surface area contributed by atoms with Gasteiger partial charge in [-0.2, -0.15) is 0 Å². The van der Waals surface area contributed by atoms with Crippen LogP contribution in [0.5, 0.6) is 0 Å². The highest BCUT2D eigenvalue weighted by Crippen LogP contribution is 2.29. The number of amides is 3. The Morgan fingerprint density at radius 3 is 2.88 bits per heavy atom. The Hall–Kier alpha value is -2.15. The molecule has 2 heterocycles. The van der Waals surface area contributed by atoms with Crippen LogP contribution in [-0.4, -0.2) is 41.5 Å². The second-order valence-corrected chi connectivity index (χ2v) is 7.35. The van der Waals surface area contributed by atoms with Crippen molar-refractivity contribution in [1.82, 2.24) is 15.2 Å². The molecule has 3 amide bonds. The molecule has 2 aromatic rings. The summed E-state index contributed by atoms with van der Waals surface area (Å²) < 4.78 is 1.06. The lowest BCUT2D eigenvalue weighted by atomic mass is 10.2. The topological polar surface area (TPSA) is 74.3 Å². The zero-order chi connectivity index (χ0) is 17.3. The van der Waals surface area contributed by atoms with Crippen LogP contribution in [0.15, 0.2) is 18.2 Å².